The average Bonchev–Trinajstić information content (AvgIpc) is 2.95. The summed E-state index contributed by atoms with van der Waals surface area (Å²) in [7, 11) is 2.96. The first-order valence-electron chi connectivity index (χ1n) is 11.6. The summed E-state index contributed by atoms with van der Waals surface area (Å²) in [6.45, 7) is 0.390. The van der Waals surface area contributed by atoms with Crippen LogP contribution in [0, 0.1) is 45.3 Å². The summed E-state index contributed by atoms with van der Waals surface area (Å²) < 4.78 is 16.6. The van der Waals surface area contributed by atoms with Crippen molar-refractivity contribution < 1.29 is 19.0 Å². The van der Waals surface area contributed by atoms with Crippen molar-refractivity contribution in [2.24, 2.45) is 17.1 Å². The molecule has 0 aromatic heterocycles. The number of hydrogen-bond donors (Lipinski definition) is 1. The molecule has 2 aliphatic rings. The van der Waals surface area contributed by atoms with E-state index in [2.05, 4.69) is 18.2 Å². The average molecular weight is 496 g/mol. The Morgan fingerprint density at radius 2 is 1.81 bits per heavy atom. The molecule has 0 saturated heterocycles. The van der Waals surface area contributed by atoms with E-state index in [1.807, 2.05) is 30.3 Å². The number of nitriles is 3. The molecule has 1 aliphatic heterocycles. The predicted molar refractivity (Wildman–Crippen MR) is 133 cm³/mol. The van der Waals surface area contributed by atoms with E-state index in [-0.39, 0.29) is 31.0 Å². The van der Waals surface area contributed by atoms with Crippen molar-refractivity contribution in [3.63, 3.8) is 0 Å². The summed E-state index contributed by atoms with van der Waals surface area (Å²) in [4.78, 5) is 14.5. The normalized spacial score (nSPS) is 19.9. The molecule has 9 nitrogen and oxygen atoms in total. The van der Waals surface area contributed by atoms with E-state index in [9.17, 15) is 20.6 Å². The number of nitrogens with two attached hydrogens (primary N) is 1. The minimum atomic E-state index is -1.89. The molecular weight excluding hydrogens is 470 g/mol. The van der Waals surface area contributed by atoms with Crippen LogP contribution >= 0.6 is 0 Å². The summed E-state index contributed by atoms with van der Waals surface area (Å²) in [5.74, 6) is -0.707. The number of methoxy groups -OCH3 is 2. The number of ether oxygens (including phenoxy) is 3. The highest BCUT2D eigenvalue weighted by Crippen LogP contribution is 2.56. The molecule has 37 heavy (non-hydrogen) atoms. The number of para-hydroxylation sites is 1. The largest absolute Gasteiger partial charge is 0.493 e. The van der Waals surface area contributed by atoms with Gasteiger partial charge in [-0.15, -0.1) is 0 Å². The van der Waals surface area contributed by atoms with E-state index in [1.165, 1.54) is 19.1 Å². The zero-order valence-electron chi connectivity index (χ0n) is 20.5. The van der Waals surface area contributed by atoms with Crippen LogP contribution in [0.25, 0.3) is 0 Å². The van der Waals surface area contributed by atoms with Crippen LogP contribution in [0.15, 0.2) is 71.5 Å². The van der Waals surface area contributed by atoms with Crippen LogP contribution in [0.2, 0.25) is 0 Å². The highest BCUT2D eigenvalue weighted by molar-refractivity contribution is 5.70. The standard InChI is InChI=1S/C28H25N5O4/c1-35-23-10-6-9-20(25(23)36-2)24-22-14-33(27(34)37-15-18-7-4-3-5-8-18)12-11-19(22)21(13-29)26(32)28(24,16-30)17-31/h3-11,22,24H,12,14-15,32H2,1-2H3/t22-,24-/m1/s1. The number of benzene rings is 2. The number of allylic oxidation sites excluding steroid dienone is 2. The Kier molecular flexibility index (Phi) is 7.04. The van der Waals surface area contributed by atoms with Gasteiger partial charge in [-0.3, -0.25) is 0 Å². The van der Waals surface area contributed by atoms with Crippen LogP contribution in [0.1, 0.15) is 17.0 Å². The van der Waals surface area contributed by atoms with Gasteiger partial charge in [-0.25, -0.2) is 4.79 Å². The minimum absolute atomic E-state index is 0.0866. The lowest BCUT2D eigenvalue weighted by atomic mass is 9.58. The fourth-order valence-electron chi connectivity index (χ4n) is 5.14. The molecule has 0 radical (unpaired) electrons. The molecule has 2 aromatic rings. The lowest BCUT2D eigenvalue weighted by Gasteiger charge is -2.45. The third-order valence-electron chi connectivity index (χ3n) is 6.90. The molecular formula is C28H25N5O4. The molecule has 2 atom stereocenters. The Morgan fingerprint density at radius 3 is 2.43 bits per heavy atom. The van der Waals surface area contributed by atoms with Crippen molar-refractivity contribution >= 4 is 6.09 Å². The molecule has 2 N–H and O–H groups in total. The number of amides is 1. The summed E-state index contributed by atoms with van der Waals surface area (Å²) in [6.07, 6.45) is 1.19. The van der Waals surface area contributed by atoms with Crippen LogP contribution < -0.4 is 15.2 Å². The second-order valence-electron chi connectivity index (χ2n) is 8.70. The molecule has 9 heteroatoms. The van der Waals surface area contributed by atoms with E-state index in [1.54, 1.807) is 24.3 Å². The Labute approximate surface area is 215 Å². The number of carbonyl (C=O) groups excluding carboxylic acids is 1. The SMILES string of the molecule is COc1cccc([C@@H]2[C@@H]3CN(C(=O)OCc4ccccc4)CC=C3C(C#N)=C(N)C2(C#N)C#N)c1OC. The Balaban J connectivity index is 1.80. The van der Waals surface area contributed by atoms with Crippen LogP contribution in [0.3, 0.4) is 0 Å². The van der Waals surface area contributed by atoms with Gasteiger partial charge < -0.3 is 24.8 Å². The van der Waals surface area contributed by atoms with Crippen molar-refractivity contribution in [2.45, 2.75) is 12.5 Å². The first kappa shape index (κ1) is 25.2. The second kappa shape index (κ2) is 10.4. The number of nitrogens with zero attached hydrogens (tertiary/aromatic N) is 4. The maximum absolute atomic E-state index is 13.0. The molecule has 4 rings (SSSR count). The highest BCUT2D eigenvalue weighted by Gasteiger charge is 2.55. The fourth-order valence-corrected chi connectivity index (χ4v) is 5.14. The van der Waals surface area contributed by atoms with Gasteiger partial charge in [-0.2, -0.15) is 15.8 Å². The third-order valence-corrected chi connectivity index (χ3v) is 6.90. The molecule has 1 heterocycles. The van der Waals surface area contributed by atoms with Gasteiger partial charge in [0.25, 0.3) is 0 Å². The molecule has 186 valence electrons. The van der Waals surface area contributed by atoms with E-state index in [0.717, 1.165) is 5.56 Å². The van der Waals surface area contributed by atoms with Gasteiger partial charge in [0, 0.05) is 30.5 Å². The number of rotatable bonds is 5. The van der Waals surface area contributed by atoms with E-state index < -0.39 is 23.3 Å². The van der Waals surface area contributed by atoms with Crippen molar-refractivity contribution in [3.8, 4) is 29.7 Å². The number of fused-ring (bicyclic) bond motifs is 1. The lowest BCUT2D eigenvalue weighted by Crippen LogP contribution is -2.49. The summed E-state index contributed by atoms with van der Waals surface area (Å²) >= 11 is 0. The molecule has 2 aromatic carbocycles. The maximum atomic E-state index is 13.0. The number of hydrogen-bond acceptors (Lipinski definition) is 8. The van der Waals surface area contributed by atoms with Crippen molar-refractivity contribution in [1.29, 1.82) is 15.8 Å². The van der Waals surface area contributed by atoms with E-state index in [4.69, 9.17) is 19.9 Å². The van der Waals surface area contributed by atoms with Crippen LogP contribution in [-0.4, -0.2) is 38.3 Å². The molecule has 1 amide bonds. The molecule has 1 aliphatic carbocycles. The maximum Gasteiger partial charge on any atom is 0.410 e. The Morgan fingerprint density at radius 1 is 1.08 bits per heavy atom. The van der Waals surface area contributed by atoms with Crippen LogP contribution in [0.5, 0.6) is 11.5 Å². The van der Waals surface area contributed by atoms with Gasteiger partial charge in [0.1, 0.15) is 12.7 Å². The smallest absolute Gasteiger partial charge is 0.410 e. The Hall–Kier alpha value is -4.94. The zero-order valence-corrected chi connectivity index (χ0v) is 20.5. The summed E-state index contributed by atoms with van der Waals surface area (Å²) in [5.41, 5.74) is 6.42. The Bertz CT molecular complexity index is 1380. The van der Waals surface area contributed by atoms with Gasteiger partial charge in [-0.05, 0) is 17.2 Å². The van der Waals surface area contributed by atoms with Gasteiger partial charge in [0.15, 0.2) is 16.9 Å². The van der Waals surface area contributed by atoms with Crippen molar-refractivity contribution in [3.05, 3.63) is 82.6 Å². The van der Waals surface area contributed by atoms with E-state index in [0.29, 0.717) is 22.6 Å². The van der Waals surface area contributed by atoms with Gasteiger partial charge in [0.2, 0.25) is 0 Å². The molecule has 0 saturated carbocycles. The molecule has 0 bridgehead atoms. The second-order valence-corrected chi connectivity index (χ2v) is 8.70. The summed E-state index contributed by atoms with van der Waals surface area (Å²) in [5, 5.41) is 30.6. The third kappa shape index (κ3) is 4.20. The fraction of sp³-hybridized carbons (Fsp3) is 0.286. The van der Waals surface area contributed by atoms with Gasteiger partial charge >= 0.3 is 6.09 Å². The first-order valence-corrected chi connectivity index (χ1v) is 11.6. The zero-order chi connectivity index (χ0) is 26.6. The monoisotopic (exact) mass is 495 g/mol. The van der Waals surface area contributed by atoms with Crippen LogP contribution in [0.4, 0.5) is 4.79 Å². The topological polar surface area (TPSA) is 145 Å². The minimum Gasteiger partial charge on any atom is -0.493 e. The lowest BCUT2D eigenvalue weighted by molar-refractivity contribution is 0.0897. The first-order chi connectivity index (χ1) is 17.9. The quantitative estimate of drug-likeness (QED) is 0.660. The molecule has 0 fully saturated rings. The van der Waals surface area contributed by atoms with E-state index >= 15 is 0 Å². The predicted octanol–water partition coefficient (Wildman–Crippen LogP) is 3.77. The summed E-state index contributed by atoms with van der Waals surface area (Å²) in [6, 6.07) is 20.7. The number of carbonyl (C=O) groups is 1. The van der Waals surface area contributed by atoms with Crippen LogP contribution in [-0.2, 0) is 11.3 Å². The highest BCUT2D eigenvalue weighted by atomic mass is 16.6. The van der Waals surface area contributed by atoms with Crippen molar-refractivity contribution in [2.75, 3.05) is 27.3 Å². The molecule has 0 spiro atoms. The van der Waals surface area contributed by atoms with Gasteiger partial charge in [-0.1, -0.05) is 48.5 Å². The van der Waals surface area contributed by atoms with Crippen molar-refractivity contribution in [1.82, 2.24) is 4.90 Å². The van der Waals surface area contributed by atoms with Gasteiger partial charge in [0.05, 0.1) is 37.6 Å². The molecule has 0 unspecified atom stereocenters.